The van der Waals surface area contributed by atoms with E-state index in [1.165, 1.54) is 6.08 Å². The molecule has 1 aliphatic heterocycles. The molecule has 0 aromatic heterocycles. The predicted molar refractivity (Wildman–Crippen MR) is 74.7 cm³/mol. The topological polar surface area (TPSA) is 58.2 Å². The first-order chi connectivity index (χ1) is 9.13. The highest BCUT2D eigenvalue weighted by Gasteiger charge is 2.18. The van der Waals surface area contributed by atoms with E-state index in [4.69, 9.17) is 11.6 Å². The van der Waals surface area contributed by atoms with E-state index in [1.54, 1.807) is 18.2 Å². The van der Waals surface area contributed by atoms with Crippen LogP contribution in [0.3, 0.4) is 0 Å². The molecule has 100 valence electrons. The van der Waals surface area contributed by atoms with Gasteiger partial charge in [0.05, 0.1) is 0 Å². The third kappa shape index (κ3) is 4.41. The second-order valence-corrected chi connectivity index (χ2v) is 4.87. The third-order valence-electron chi connectivity index (χ3n) is 2.91. The Morgan fingerprint density at radius 1 is 1.37 bits per heavy atom. The van der Waals surface area contributed by atoms with E-state index in [1.807, 2.05) is 12.1 Å². The molecular formula is C14H15ClN2O2. The Morgan fingerprint density at radius 2 is 2.11 bits per heavy atom. The van der Waals surface area contributed by atoms with Gasteiger partial charge in [0, 0.05) is 30.1 Å². The van der Waals surface area contributed by atoms with Crippen LogP contribution >= 0.6 is 11.6 Å². The smallest absolute Gasteiger partial charge is 0.244 e. The van der Waals surface area contributed by atoms with Crippen LogP contribution < -0.4 is 10.6 Å². The van der Waals surface area contributed by atoms with Crippen molar-refractivity contribution in [1.82, 2.24) is 10.6 Å². The van der Waals surface area contributed by atoms with Crippen LogP contribution in [0.5, 0.6) is 0 Å². The summed E-state index contributed by atoms with van der Waals surface area (Å²) in [5, 5.41) is 6.25. The molecule has 2 amide bonds. The standard InChI is InChI=1S/C14H15ClN2O2/c15-11-4-1-10(2-5-11)3-7-14(19)17-12-6-8-13(18)16-9-12/h1-5,7,12H,6,8-9H2,(H,16,18)(H,17,19)/b7-3+. The SMILES string of the molecule is O=C(/C=C/c1ccc(Cl)cc1)NC1CCC(=O)NC1. The third-order valence-corrected chi connectivity index (χ3v) is 3.16. The maximum absolute atomic E-state index is 11.7. The van der Waals surface area contributed by atoms with Gasteiger partial charge >= 0.3 is 0 Å². The fourth-order valence-corrected chi connectivity index (χ4v) is 1.98. The van der Waals surface area contributed by atoms with Crippen molar-refractivity contribution in [3.8, 4) is 0 Å². The molecule has 2 N–H and O–H groups in total. The van der Waals surface area contributed by atoms with Crippen molar-refractivity contribution < 1.29 is 9.59 Å². The minimum Gasteiger partial charge on any atom is -0.354 e. The van der Waals surface area contributed by atoms with Crippen LogP contribution in [0.15, 0.2) is 30.3 Å². The Morgan fingerprint density at radius 3 is 2.74 bits per heavy atom. The highest BCUT2D eigenvalue weighted by Crippen LogP contribution is 2.10. The Bertz CT molecular complexity index is 487. The minimum atomic E-state index is -0.156. The molecular weight excluding hydrogens is 264 g/mol. The van der Waals surface area contributed by atoms with Crippen LogP contribution in [0, 0.1) is 0 Å². The molecule has 0 radical (unpaired) electrons. The highest BCUT2D eigenvalue weighted by molar-refractivity contribution is 6.30. The lowest BCUT2D eigenvalue weighted by Gasteiger charge is -2.22. The van der Waals surface area contributed by atoms with Crippen LogP contribution in [0.1, 0.15) is 18.4 Å². The van der Waals surface area contributed by atoms with Gasteiger partial charge in [-0.05, 0) is 30.2 Å². The maximum atomic E-state index is 11.7. The van der Waals surface area contributed by atoms with E-state index in [0.29, 0.717) is 24.4 Å². The molecule has 1 aromatic rings. The van der Waals surface area contributed by atoms with E-state index in [2.05, 4.69) is 10.6 Å². The molecule has 5 heteroatoms. The van der Waals surface area contributed by atoms with Crippen LogP contribution in [-0.2, 0) is 9.59 Å². The molecule has 1 atom stereocenters. The number of hydrogen-bond acceptors (Lipinski definition) is 2. The van der Waals surface area contributed by atoms with Gasteiger partial charge in [-0.3, -0.25) is 9.59 Å². The first kappa shape index (κ1) is 13.6. The molecule has 4 nitrogen and oxygen atoms in total. The zero-order valence-corrected chi connectivity index (χ0v) is 11.1. The summed E-state index contributed by atoms with van der Waals surface area (Å²) >= 11 is 5.78. The van der Waals surface area contributed by atoms with Crippen LogP contribution in [0.4, 0.5) is 0 Å². The second kappa shape index (κ2) is 6.38. The number of amides is 2. The molecule has 0 saturated carbocycles. The molecule has 19 heavy (non-hydrogen) atoms. The number of benzene rings is 1. The Kier molecular flexibility index (Phi) is 4.58. The maximum Gasteiger partial charge on any atom is 0.244 e. The van der Waals surface area contributed by atoms with Gasteiger partial charge in [0.25, 0.3) is 0 Å². The van der Waals surface area contributed by atoms with Gasteiger partial charge in [-0.1, -0.05) is 23.7 Å². The molecule has 1 unspecified atom stereocenters. The average molecular weight is 279 g/mol. The zero-order chi connectivity index (χ0) is 13.7. The fourth-order valence-electron chi connectivity index (χ4n) is 1.85. The molecule has 1 aromatic carbocycles. The number of carbonyl (C=O) groups excluding carboxylic acids is 2. The van der Waals surface area contributed by atoms with Crippen molar-refractivity contribution in [2.75, 3.05) is 6.54 Å². The van der Waals surface area contributed by atoms with Crippen molar-refractivity contribution in [2.45, 2.75) is 18.9 Å². The summed E-state index contributed by atoms with van der Waals surface area (Å²) in [6, 6.07) is 7.24. The number of carbonyl (C=O) groups is 2. The van der Waals surface area contributed by atoms with Crippen molar-refractivity contribution in [3.05, 3.63) is 40.9 Å². The van der Waals surface area contributed by atoms with Gasteiger partial charge in [-0.15, -0.1) is 0 Å². The molecule has 1 heterocycles. The monoisotopic (exact) mass is 278 g/mol. The van der Waals surface area contributed by atoms with Gasteiger partial charge in [0.15, 0.2) is 0 Å². The molecule has 1 saturated heterocycles. The van der Waals surface area contributed by atoms with E-state index in [-0.39, 0.29) is 17.9 Å². The highest BCUT2D eigenvalue weighted by atomic mass is 35.5. The van der Waals surface area contributed by atoms with Gasteiger partial charge in [0.1, 0.15) is 0 Å². The van der Waals surface area contributed by atoms with Crippen molar-refractivity contribution >= 4 is 29.5 Å². The molecule has 1 fully saturated rings. The largest absolute Gasteiger partial charge is 0.354 e. The average Bonchev–Trinajstić information content (AvgIpc) is 2.41. The van der Waals surface area contributed by atoms with Crippen molar-refractivity contribution in [3.63, 3.8) is 0 Å². The first-order valence-electron chi connectivity index (χ1n) is 6.14. The Balaban J connectivity index is 1.83. The number of nitrogens with one attached hydrogen (secondary N) is 2. The van der Waals surface area contributed by atoms with Crippen LogP contribution in [0.25, 0.3) is 6.08 Å². The van der Waals surface area contributed by atoms with E-state index in [9.17, 15) is 9.59 Å². The first-order valence-corrected chi connectivity index (χ1v) is 6.52. The van der Waals surface area contributed by atoms with Gasteiger partial charge in [0.2, 0.25) is 11.8 Å². The van der Waals surface area contributed by atoms with E-state index in [0.717, 1.165) is 5.56 Å². The lowest BCUT2D eigenvalue weighted by Crippen LogP contribution is -2.47. The minimum absolute atomic E-state index is 0.0140. The van der Waals surface area contributed by atoms with Crippen LogP contribution in [-0.4, -0.2) is 24.4 Å². The second-order valence-electron chi connectivity index (χ2n) is 4.43. The number of rotatable bonds is 3. The number of halogens is 1. The summed E-state index contributed by atoms with van der Waals surface area (Å²) in [5.41, 5.74) is 0.913. The van der Waals surface area contributed by atoms with Gasteiger partial charge in [-0.25, -0.2) is 0 Å². The summed E-state index contributed by atoms with van der Waals surface area (Å²) < 4.78 is 0. The summed E-state index contributed by atoms with van der Waals surface area (Å²) in [4.78, 5) is 22.7. The molecule has 2 rings (SSSR count). The van der Waals surface area contributed by atoms with E-state index >= 15 is 0 Å². The quantitative estimate of drug-likeness (QED) is 0.828. The molecule has 0 bridgehead atoms. The summed E-state index contributed by atoms with van der Waals surface area (Å²) in [6.45, 7) is 0.499. The van der Waals surface area contributed by atoms with Crippen molar-refractivity contribution in [2.24, 2.45) is 0 Å². The zero-order valence-electron chi connectivity index (χ0n) is 10.4. The lowest BCUT2D eigenvalue weighted by molar-refractivity contribution is -0.124. The van der Waals surface area contributed by atoms with Crippen molar-refractivity contribution in [1.29, 1.82) is 0 Å². The van der Waals surface area contributed by atoms with Gasteiger partial charge < -0.3 is 10.6 Å². The normalized spacial score (nSPS) is 19.2. The summed E-state index contributed by atoms with van der Waals surface area (Å²) in [7, 11) is 0. The lowest BCUT2D eigenvalue weighted by atomic mass is 10.1. The van der Waals surface area contributed by atoms with Gasteiger partial charge in [-0.2, -0.15) is 0 Å². The Hall–Kier alpha value is -1.81. The summed E-state index contributed by atoms with van der Waals surface area (Å²) in [5.74, 6) is -0.113. The number of piperidine rings is 1. The number of hydrogen-bond donors (Lipinski definition) is 2. The molecule has 0 aliphatic carbocycles. The predicted octanol–water partition coefficient (Wildman–Crippen LogP) is 1.75. The fraction of sp³-hybridized carbons (Fsp3) is 0.286. The van der Waals surface area contributed by atoms with E-state index < -0.39 is 0 Å². The molecule has 1 aliphatic rings. The molecule has 0 spiro atoms. The Labute approximate surface area is 116 Å². The summed E-state index contributed by atoms with van der Waals surface area (Å²) in [6.07, 6.45) is 4.37. The van der Waals surface area contributed by atoms with Crippen LogP contribution in [0.2, 0.25) is 5.02 Å².